The van der Waals surface area contributed by atoms with Crippen LogP contribution < -0.4 is 5.32 Å². The summed E-state index contributed by atoms with van der Waals surface area (Å²) in [7, 11) is 0. The highest BCUT2D eigenvalue weighted by Crippen LogP contribution is 2.19. The van der Waals surface area contributed by atoms with Crippen molar-refractivity contribution in [2.75, 3.05) is 18.4 Å². The number of hydrazone groups is 1. The zero-order valence-electron chi connectivity index (χ0n) is 12.9. The van der Waals surface area contributed by atoms with Crippen molar-refractivity contribution in [2.45, 2.75) is 6.42 Å². The minimum Gasteiger partial charge on any atom is -0.481 e. The smallest absolute Gasteiger partial charge is 0.348 e. The van der Waals surface area contributed by atoms with Gasteiger partial charge in [0.15, 0.2) is 0 Å². The third-order valence-corrected chi connectivity index (χ3v) is 3.41. The molecule has 3 heterocycles. The number of carbonyl (C=O) groups is 3. The number of furan rings is 2. The van der Waals surface area contributed by atoms with Crippen LogP contribution in [0.4, 0.5) is 15.5 Å². The molecule has 10 nitrogen and oxygen atoms in total. The van der Waals surface area contributed by atoms with Gasteiger partial charge in [0, 0.05) is 5.56 Å². The van der Waals surface area contributed by atoms with Crippen molar-refractivity contribution >= 4 is 30.1 Å². The molecular formula is C15H14N4O6. The highest BCUT2D eigenvalue weighted by molar-refractivity contribution is 6.01. The molecule has 0 saturated carbocycles. The van der Waals surface area contributed by atoms with E-state index in [0.29, 0.717) is 11.3 Å². The molecule has 1 fully saturated rings. The van der Waals surface area contributed by atoms with E-state index >= 15 is 0 Å². The van der Waals surface area contributed by atoms with Gasteiger partial charge in [-0.2, -0.15) is 5.10 Å². The molecule has 1 aliphatic rings. The number of aliphatic carboxylic acids is 1. The number of nitrogens with zero attached hydrogens (tertiary/aromatic N) is 3. The third kappa shape index (κ3) is 3.68. The van der Waals surface area contributed by atoms with E-state index in [9.17, 15) is 14.4 Å². The van der Waals surface area contributed by atoms with E-state index in [1.165, 1.54) is 24.8 Å². The van der Waals surface area contributed by atoms with Crippen molar-refractivity contribution < 1.29 is 28.3 Å². The Bertz CT molecular complexity index is 810. The van der Waals surface area contributed by atoms with Gasteiger partial charge in [-0.15, -0.1) is 0 Å². The molecule has 2 aromatic heterocycles. The van der Waals surface area contributed by atoms with Crippen LogP contribution in [-0.4, -0.2) is 52.4 Å². The van der Waals surface area contributed by atoms with Crippen molar-refractivity contribution in [3.63, 3.8) is 0 Å². The van der Waals surface area contributed by atoms with Crippen molar-refractivity contribution in [1.82, 2.24) is 9.91 Å². The Hall–Kier alpha value is -3.56. The number of nitrogens with one attached hydrogen (secondary N) is 1. The number of carboxylic acid groups (broad SMARTS) is 1. The number of carboxylic acids is 1. The molecule has 25 heavy (non-hydrogen) atoms. The van der Waals surface area contributed by atoms with Gasteiger partial charge in [0.05, 0.1) is 38.3 Å². The molecule has 0 atom stereocenters. The van der Waals surface area contributed by atoms with E-state index in [2.05, 4.69) is 10.4 Å². The predicted octanol–water partition coefficient (Wildman–Crippen LogP) is 1.80. The van der Waals surface area contributed by atoms with Crippen LogP contribution in [0.25, 0.3) is 0 Å². The van der Waals surface area contributed by atoms with Gasteiger partial charge in [-0.3, -0.25) is 10.1 Å². The molecule has 0 bridgehead atoms. The van der Waals surface area contributed by atoms with Crippen LogP contribution in [0.1, 0.15) is 11.3 Å². The second kappa shape index (κ2) is 6.91. The monoisotopic (exact) mass is 346 g/mol. The van der Waals surface area contributed by atoms with Gasteiger partial charge >= 0.3 is 18.0 Å². The number of carbonyl (C=O) groups excluding carboxylic acids is 2. The van der Waals surface area contributed by atoms with Gasteiger partial charge in [0.1, 0.15) is 5.76 Å². The third-order valence-electron chi connectivity index (χ3n) is 3.41. The minimum atomic E-state index is -1.06. The predicted molar refractivity (Wildman–Crippen MR) is 84.2 cm³/mol. The van der Waals surface area contributed by atoms with E-state index in [4.69, 9.17) is 13.9 Å². The number of hydrogen-bond acceptors (Lipinski definition) is 6. The van der Waals surface area contributed by atoms with Gasteiger partial charge < -0.3 is 13.9 Å². The molecular weight excluding hydrogens is 332 g/mol. The molecule has 4 amide bonds. The van der Waals surface area contributed by atoms with Gasteiger partial charge in [0.25, 0.3) is 0 Å². The summed E-state index contributed by atoms with van der Waals surface area (Å²) in [6.45, 7) is 0.360. The first kappa shape index (κ1) is 16.3. The Morgan fingerprint density at radius 3 is 2.84 bits per heavy atom. The summed E-state index contributed by atoms with van der Waals surface area (Å²) in [4.78, 5) is 36.2. The average Bonchev–Trinajstić information content (AvgIpc) is 3.28. The fourth-order valence-corrected chi connectivity index (χ4v) is 2.22. The summed E-state index contributed by atoms with van der Waals surface area (Å²) in [5.74, 6) is -0.588. The summed E-state index contributed by atoms with van der Waals surface area (Å²) >= 11 is 0. The zero-order chi connectivity index (χ0) is 17.8. The normalized spacial score (nSPS) is 14.5. The number of urea groups is 2. The first-order chi connectivity index (χ1) is 12.0. The van der Waals surface area contributed by atoms with Crippen molar-refractivity contribution in [3.8, 4) is 0 Å². The second-order valence-electron chi connectivity index (χ2n) is 5.09. The average molecular weight is 346 g/mol. The Morgan fingerprint density at radius 1 is 1.28 bits per heavy atom. The molecule has 3 rings (SSSR count). The fourth-order valence-electron chi connectivity index (χ4n) is 2.22. The lowest BCUT2D eigenvalue weighted by molar-refractivity contribution is -0.136. The topological polar surface area (TPSA) is 129 Å². The van der Waals surface area contributed by atoms with Crippen molar-refractivity contribution in [3.05, 3.63) is 42.0 Å². The van der Waals surface area contributed by atoms with E-state index in [-0.39, 0.29) is 25.4 Å². The maximum atomic E-state index is 12.2. The van der Waals surface area contributed by atoms with E-state index in [0.717, 1.165) is 9.91 Å². The molecule has 0 aromatic carbocycles. The van der Waals surface area contributed by atoms with Gasteiger partial charge in [-0.25, -0.2) is 19.5 Å². The first-order valence-corrected chi connectivity index (χ1v) is 7.30. The maximum absolute atomic E-state index is 12.2. The lowest BCUT2D eigenvalue weighted by atomic mass is 10.2. The molecule has 10 heteroatoms. The molecule has 2 N–H and O–H groups in total. The Morgan fingerprint density at radius 2 is 2.12 bits per heavy atom. The quantitative estimate of drug-likeness (QED) is 0.794. The van der Waals surface area contributed by atoms with Crippen LogP contribution in [0.15, 0.2) is 44.7 Å². The van der Waals surface area contributed by atoms with Crippen molar-refractivity contribution in [1.29, 1.82) is 0 Å². The Labute approximate surface area is 141 Å². The lowest BCUT2D eigenvalue weighted by Gasteiger charge is -2.14. The van der Waals surface area contributed by atoms with E-state index in [1.807, 2.05) is 0 Å². The van der Waals surface area contributed by atoms with E-state index in [1.54, 1.807) is 12.1 Å². The SMILES string of the molecule is O=C(O)Cc1ccoc1NC(=O)N1CCN(N=Cc2ccco2)C1=O. The minimum absolute atomic E-state index is 0.00210. The summed E-state index contributed by atoms with van der Waals surface area (Å²) in [6.07, 6.45) is 3.81. The van der Waals surface area contributed by atoms with Gasteiger partial charge in [-0.05, 0) is 18.2 Å². The van der Waals surface area contributed by atoms with Crippen LogP contribution in [0.3, 0.4) is 0 Å². The number of amides is 4. The fraction of sp³-hybridized carbons (Fsp3) is 0.200. The molecule has 0 aliphatic carbocycles. The van der Waals surface area contributed by atoms with Gasteiger partial charge in [-0.1, -0.05) is 0 Å². The lowest BCUT2D eigenvalue weighted by Crippen LogP contribution is -2.38. The summed E-state index contributed by atoms with van der Waals surface area (Å²) in [5, 5.41) is 16.3. The molecule has 130 valence electrons. The molecule has 0 radical (unpaired) electrons. The van der Waals surface area contributed by atoms with Crippen LogP contribution in [0.5, 0.6) is 0 Å². The zero-order valence-corrected chi connectivity index (χ0v) is 12.9. The van der Waals surface area contributed by atoms with Gasteiger partial charge in [0.2, 0.25) is 5.88 Å². The first-order valence-electron chi connectivity index (χ1n) is 7.30. The summed E-state index contributed by atoms with van der Waals surface area (Å²) in [6, 6.07) is 3.48. The second-order valence-corrected chi connectivity index (χ2v) is 5.09. The Kier molecular flexibility index (Phi) is 4.50. The molecule has 1 aliphatic heterocycles. The van der Waals surface area contributed by atoms with Crippen LogP contribution in [-0.2, 0) is 11.2 Å². The van der Waals surface area contributed by atoms with E-state index < -0.39 is 18.0 Å². The molecule has 2 aromatic rings. The molecule has 1 saturated heterocycles. The highest BCUT2D eigenvalue weighted by atomic mass is 16.4. The van der Waals surface area contributed by atoms with Crippen LogP contribution >= 0.6 is 0 Å². The largest absolute Gasteiger partial charge is 0.481 e. The molecule has 0 spiro atoms. The number of imide groups is 1. The number of hydrogen-bond donors (Lipinski definition) is 2. The standard InChI is InChI=1S/C15H14N4O6/c20-12(21)8-10-3-7-25-13(10)17-14(22)18-4-5-19(15(18)23)16-9-11-2-1-6-24-11/h1-3,6-7,9H,4-5,8H2,(H,17,22)(H,20,21). The molecule has 0 unspecified atom stereocenters. The maximum Gasteiger partial charge on any atom is 0.348 e. The summed E-state index contributed by atoms with van der Waals surface area (Å²) in [5.41, 5.74) is 0.306. The van der Waals surface area contributed by atoms with Crippen LogP contribution in [0.2, 0.25) is 0 Å². The van der Waals surface area contributed by atoms with Crippen molar-refractivity contribution in [2.24, 2.45) is 5.10 Å². The summed E-state index contributed by atoms with van der Waals surface area (Å²) < 4.78 is 10.1. The number of anilines is 1. The highest BCUT2D eigenvalue weighted by Gasteiger charge is 2.34. The Balaban J connectivity index is 1.63. The number of rotatable bonds is 5. The van der Waals surface area contributed by atoms with Crippen LogP contribution in [0, 0.1) is 0 Å².